The molecular weight excluding hydrogens is 214 g/mol. The van der Waals surface area contributed by atoms with Crippen molar-refractivity contribution < 1.29 is 9.47 Å². The van der Waals surface area contributed by atoms with Crippen LogP contribution in [0.5, 0.6) is 11.5 Å². The largest absolute Gasteiger partial charge is 0.497 e. The van der Waals surface area contributed by atoms with Crippen molar-refractivity contribution in [2.24, 2.45) is 0 Å². The molecular formula is C14H23NO2. The van der Waals surface area contributed by atoms with Crippen LogP contribution in [0.4, 0.5) is 0 Å². The van der Waals surface area contributed by atoms with E-state index in [4.69, 9.17) is 9.47 Å². The zero-order valence-electron chi connectivity index (χ0n) is 11.5. The number of nitrogens with one attached hydrogen (secondary N) is 1. The van der Waals surface area contributed by atoms with E-state index in [1.165, 1.54) is 5.56 Å². The minimum Gasteiger partial charge on any atom is -0.497 e. The summed E-state index contributed by atoms with van der Waals surface area (Å²) in [7, 11) is 5.37. The molecule has 0 heterocycles. The molecule has 0 saturated carbocycles. The van der Waals surface area contributed by atoms with Gasteiger partial charge in [0.25, 0.3) is 0 Å². The Bertz CT molecular complexity index is 361. The Morgan fingerprint density at radius 2 is 1.88 bits per heavy atom. The van der Waals surface area contributed by atoms with Gasteiger partial charge in [-0.2, -0.15) is 0 Å². The number of ether oxygens (including phenoxy) is 2. The Labute approximate surface area is 104 Å². The molecule has 1 rings (SSSR count). The monoisotopic (exact) mass is 237 g/mol. The van der Waals surface area contributed by atoms with Crippen molar-refractivity contribution in [1.29, 1.82) is 0 Å². The van der Waals surface area contributed by atoms with Gasteiger partial charge >= 0.3 is 0 Å². The van der Waals surface area contributed by atoms with E-state index in [1.54, 1.807) is 14.2 Å². The smallest absolute Gasteiger partial charge is 0.122 e. The number of methoxy groups -OCH3 is 2. The average molecular weight is 237 g/mol. The lowest BCUT2D eigenvalue weighted by Crippen LogP contribution is -2.24. The van der Waals surface area contributed by atoms with Crippen molar-refractivity contribution in [3.05, 3.63) is 23.8 Å². The summed E-state index contributed by atoms with van der Waals surface area (Å²) < 4.78 is 10.7. The summed E-state index contributed by atoms with van der Waals surface area (Å²) >= 11 is 0. The fourth-order valence-corrected chi connectivity index (χ4v) is 1.92. The van der Waals surface area contributed by atoms with E-state index in [0.717, 1.165) is 24.5 Å². The first-order valence-electron chi connectivity index (χ1n) is 5.92. The van der Waals surface area contributed by atoms with Gasteiger partial charge in [0, 0.05) is 5.56 Å². The van der Waals surface area contributed by atoms with Gasteiger partial charge in [-0.25, -0.2) is 0 Å². The Balaban J connectivity index is 3.07. The van der Waals surface area contributed by atoms with E-state index in [1.807, 2.05) is 19.2 Å². The topological polar surface area (TPSA) is 30.5 Å². The Morgan fingerprint density at radius 3 is 2.41 bits per heavy atom. The van der Waals surface area contributed by atoms with Crippen LogP contribution in [0.2, 0.25) is 0 Å². The summed E-state index contributed by atoms with van der Waals surface area (Å²) in [6.07, 6.45) is 1.05. The molecule has 0 amide bonds. The highest BCUT2D eigenvalue weighted by molar-refractivity contribution is 5.44. The summed E-state index contributed by atoms with van der Waals surface area (Å²) in [5.74, 6) is 1.80. The number of rotatable bonds is 6. The van der Waals surface area contributed by atoms with E-state index in [0.29, 0.717) is 0 Å². The molecule has 0 unspecified atom stereocenters. The van der Waals surface area contributed by atoms with Crippen LogP contribution >= 0.6 is 0 Å². The van der Waals surface area contributed by atoms with Gasteiger partial charge < -0.3 is 14.8 Å². The molecule has 3 heteroatoms. The number of hydrogen-bond donors (Lipinski definition) is 1. The second-order valence-corrected chi connectivity index (χ2v) is 4.80. The van der Waals surface area contributed by atoms with Crippen LogP contribution in [0, 0.1) is 0 Å². The van der Waals surface area contributed by atoms with Gasteiger partial charge in [-0.3, -0.25) is 0 Å². The fourth-order valence-electron chi connectivity index (χ4n) is 1.92. The first-order chi connectivity index (χ1) is 8.05. The molecule has 0 aliphatic carbocycles. The fraction of sp³-hybridized carbons (Fsp3) is 0.571. The average Bonchev–Trinajstić information content (AvgIpc) is 2.35. The maximum atomic E-state index is 5.44. The summed E-state index contributed by atoms with van der Waals surface area (Å²) in [4.78, 5) is 0. The molecule has 1 aromatic carbocycles. The molecule has 17 heavy (non-hydrogen) atoms. The first-order valence-corrected chi connectivity index (χ1v) is 5.92. The second kappa shape index (κ2) is 5.92. The maximum absolute atomic E-state index is 5.44. The van der Waals surface area contributed by atoms with Crippen LogP contribution in [0.1, 0.15) is 25.8 Å². The predicted octanol–water partition coefficient (Wildman–Crippen LogP) is 2.59. The molecule has 0 atom stereocenters. The molecule has 0 bridgehead atoms. The molecule has 96 valence electrons. The molecule has 0 fully saturated rings. The Morgan fingerprint density at radius 1 is 1.18 bits per heavy atom. The third-order valence-electron chi connectivity index (χ3n) is 3.14. The van der Waals surface area contributed by atoms with Crippen LogP contribution in [-0.4, -0.2) is 27.8 Å². The lowest BCUT2D eigenvalue weighted by Gasteiger charge is -2.27. The molecule has 0 aliphatic heterocycles. The van der Waals surface area contributed by atoms with Crippen molar-refractivity contribution in [2.45, 2.75) is 25.7 Å². The third kappa shape index (κ3) is 3.37. The minimum atomic E-state index is 0.0584. The van der Waals surface area contributed by atoms with Crippen molar-refractivity contribution >= 4 is 0 Å². The van der Waals surface area contributed by atoms with E-state index in [-0.39, 0.29) is 5.41 Å². The number of hydrogen-bond acceptors (Lipinski definition) is 3. The number of benzene rings is 1. The molecule has 0 aromatic heterocycles. The first kappa shape index (κ1) is 13.8. The molecule has 0 saturated heterocycles. The summed E-state index contributed by atoms with van der Waals surface area (Å²) in [5.41, 5.74) is 1.25. The van der Waals surface area contributed by atoms with Gasteiger partial charge in [0.2, 0.25) is 0 Å². The highest BCUT2D eigenvalue weighted by Crippen LogP contribution is 2.36. The van der Waals surface area contributed by atoms with Crippen LogP contribution in [-0.2, 0) is 5.41 Å². The van der Waals surface area contributed by atoms with E-state index in [9.17, 15) is 0 Å². The SMILES string of the molecule is CNCCC(C)(C)c1cc(OC)ccc1OC. The summed E-state index contributed by atoms with van der Waals surface area (Å²) in [6.45, 7) is 5.43. The van der Waals surface area contributed by atoms with Gasteiger partial charge in [0.15, 0.2) is 0 Å². The van der Waals surface area contributed by atoms with Gasteiger partial charge in [-0.15, -0.1) is 0 Å². The van der Waals surface area contributed by atoms with E-state index in [2.05, 4.69) is 25.2 Å². The van der Waals surface area contributed by atoms with Gasteiger partial charge in [-0.05, 0) is 43.6 Å². The zero-order chi connectivity index (χ0) is 12.9. The molecule has 0 spiro atoms. The summed E-state index contributed by atoms with van der Waals surface area (Å²) in [5, 5.41) is 3.19. The molecule has 0 radical (unpaired) electrons. The Kier molecular flexibility index (Phi) is 4.82. The quantitative estimate of drug-likeness (QED) is 0.825. The maximum Gasteiger partial charge on any atom is 0.122 e. The molecule has 3 nitrogen and oxygen atoms in total. The standard InChI is InChI=1S/C14H23NO2/c1-14(2,8-9-15-3)12-10-11(16-4)6-7-13(12)17-5/h6-7,10,15H,8-9H2,1-5H3. The van der Waals surface area contributed by atoms with Crippen molar-refractivity contribution in [3.8, 4) is 11.5 Å². The minimum absolute atomic E-state index is 0.0584. The van der Waals surface area contributed by atoms with Gasteiger partial charge in [0.05, 0.1) is 14.2 Å². The zero-order valence-corrected chi connectivity index (χ0v) is 11.5. The van der Waals surface area contributed by atoms with Crippen LogP contribution in [0.25, 0.3) is 0 Å². The normalized spacial score (nSPS) is 11.4. The highest BCUT2D eigenvalue weighted by atomic mass is 16.5. The van der Waals surface area contributed by atoms with Crippen molar-refractivity contribution in [1.82, 2.24) is 5.32 Å². The highest BCUT2D eigenvalue weighted by Gasteiger charge is 2.24. The molecule has 1 N–H and O–H groups in total. The van der Waals surface area contributed by atoms with Gasteiger partial charge in [-0.1, -0.05) is 13.8 Å². The van der Waals surface area contributed by atoms with Crippen LogP contribution < -0.4 is 14.8 Å². The molecule has 0 aliphatic rings. The predicted molar refractivity (Wildman–Crippen MR) is 71.1 cm³/mol. The second-order valence-electron chi connectivity index (χ2n) is 4.80. The lowest BCUT2D eigenvalue weighted by atomic mass is 9.81. The van der Waals surface area contributed by atoms with Crippen LogP contribution in [0.3, 0.4) is 0 Å². The van der Waals surface area contributed by atoms with Crippen molar-refractivity contribution in [2.75, 3.05) is 27.8 Å². The van der Waals surface area contributed by atoms with Crippen molar-refractivity contribution in [3.63, 3.8) is 0 Å². The van der Waals surface area contributed by atoms with E-state index < -0.39 is 0 Å². The lowest BCUT2D eigenvalue weighted by molar-refractivity contribution is 0.376. The third-order valence-corrected chi connectivity index (χ3v) is 3.14. The Hall–Kier alpha value is -1.22. The summed E-state index contributed by atoms with van der Waals surface area (Å²) in [6, 6.07) is 5.96. The van der Waals surface area contributed by atoms with Crippen LogP contribution in [0.15, 0.2) is 18.2 Å². The van der Waals surface area contributed by atoms with Gasteiger partial charge in [0.1, 0.15) is 11.5 Å². The molecule has 1 aromatic rings. The van der Waals surface area contributed by atoms with E-state index >= 15 is 0 Å².